The van der Waals surface area contributed by atoms with E-state index in [4.69, 9.17) is 25.2 Å². The van der Waals surface area contributed by atoms with Crippen molar-refractivity contribution in [1.82, 2.24) is 25.3 Å². The van der Waals surface area contributed by atoms with E-state index >= 15 is 0 Å². The van der Waals surface area contributed by atoms with E-state index < -0.39 is 15.3 Å². The van der Waals surface area contributed by atoms with Crippen LogP contribution in [0.25, 0.3) is 32.0 Å². The Labute approximate surface area is 217 Å². The van der Waals surface area contributed by atoms with Crippen LogP contribution in [0.2, 0.25) is 0 Å². The smallest absolute Gasteiger partial charge is 0.219 e. The number of aromatic nitrogens is 4. The van der Waals surface area contributed by atoms with Gasteiger partial charge in [-0.2, -0.15) is 0 Å². The summed E-state index contributed by atoms with van der Waals surface area (Å²) in [6.07, 6.45) is 3.22. The van der Waals surface area contributed by atoms with Gasteiger partial charge in [-0.05, 0) is 23.8 Å². The maximum absolute atomic E-state index is 13.2. The standard InChI is InChI=1S/C24H25N7O4S2/c25-24-27-12-16(13-28-24)22-29-18-11-19(36-21(18)23(30-22)31-5-8-34-9-6-31)15-2-1-3-17(10-15)37(32,33)20-14-26-4-7-35-20/h1-3,10-13,20,26H,4-9,14H2,(H2,25,27,28). The molecule has 2 aliphatic rings. The van der Waals surface area contributed by atoms with Gasteiger partial charge in [0.05, 0.1) is 40.5 Å². The topological polar surface area (TPSA) is 145 Å². The van der Waals surface area contributed by atoms with Gasteiger partial charge in [0, 0.05) is 43.4 Å². The summed E-state index contributed by atoms with van der Waals surface area (Å²) in [5.41, 5.74) is 6.97. The van der Waals surface area contributed by atoms with E-state index in [0.717, 1.165) is 26.5 Å². The Balaban J connectivity index is 1.43. The SMILES string of the molecule is Nc1ncc(-c2nc(N3CCOCC3)c3sc(-c4cccc(S(=O)(=O)C5CNCCO5)c4)cc3n2)cn1. The molecule has 2 aliphatic heterocycles. The van der Waals surface area contributed by atoms with Gasteiger partial charge in [-0.15, -0.1) is 11.3 Å². The Hall–Kier alpha value is -3.23. The van der Waals surface area contributed by atoms with Crippen LogP contribution < -0.4 is 16.0 Å². The minimum atomic E-state index is -3.65. The highest BCUT2D eigenvalue weighted by molar-refractivity contribution is 7.92. The summed E-state index contributed by atoms with van der Waals surface area (Å²) >= 11 is 1.53. The van der Waals surface area contributed by atoms with E-state index in [2.05, 4.69) is 20.2 Å². The Morgan fingerprint density at radius 1 is 1.05 bits per heavy atom. The summed E-state index contributed by atoms with van der Waals surface area (Å²) in [5, 5.41) is 3.09. The van der Waals surface area contributed by atoms with Crippen LogP contribution in [0.1, 0.15) is 0 Å². The average molecular weight is 540 g/mol. The lowest BCUT2D eigenvalue weighted by atomic mass is 10.2. The van der Waals surface area contributed by atoms with Gasteiger partial charge in [-0.25, -0.2) is 28.4 Å². The molecular weight excluding hydrogens is 514 g/mol. The Kier molecular flexibility index (Phi) is 6.46. The second-order valence-corrected chi connectivity index (χ2v) is 11.8. The van der Waals surface area contributed by atoms with Crippen molar-refractivity contribution >= 4 is 43.2 Å². The highest BCUT2D eigenvalue weighted by atomic mass is 32.2. The molecule has 0 saturated carbocycles. The molecule has 1 unspecified atom stereocenters. The van der Waals surface area contributed by atoms with Crippen molar-refractivity contribution in [3.8, 4) is 21.8 Å². The highest BCUT2D eigenvalue weighted by Gasteiger charge is 2.30. The van der Waals surface area contributed by atoms with Gasteiger partial charge in [-0.3, -0.25) is 0 Å². The van der Waals surface area contributed by atoms with Crippen LogP contribution in [0.3, 0.4) is 0 Å². The summed E-state index contributed by atoms with van der Waals surface area (Å²) in [5.74, 6) is 1.48. The van der Waals surface area contributed by atoms with Crippen LogP contribution in [0.5, 0.6) is 0 Å². The number of nitrogens with two attached hydrogens (primary N) is 1. The Morgan fingerprint density at radius 2 is 1.86 bits per heavy atom. The molecule has 2 fully saturated rings. The molecule has 4 aromatic rings. The largest absolute Gasteiger partial charge is 0.378 e. The quantitative estimate of drug-likeness (QED) is 0.384. The monoisotopic (exact) mass is 539 g/mol. The minimum absolute atomic E-state index is 0.181. The molecule has 3 N–H and O–H groups in total. The molecule has 1 aromatic carbocycles. The van der Waals surface area contributed by atoms with Crippen LogP contribution in [0.4, 0.5) is 11.8 Å². The summed E-state index contributed by atoms with van der Waals surface area (Å²) in [4.78, 5) is 21.2. The van der Waals surface area contributed by atoms with Gasteiger partial charge in [-0.1, -0.05) is 12.1 Å². The summed E-state index contributed by atoms with van der Waals surface area (Å²) < 4.78 is 38.4. The molecule has 192 valence electrons. The van der Waals surface area contributed by atoms with Crippen LogP contribution >= 0.6 is 11.3 Å². The summed E-state index contributed by atoms with van der Waals surface area (Å²) in [6.45, 7) is 3.92. The number of hydrogen-bond acceptors (Lipinski definition) is 12. The minimum Gasteiger partial charge on any atom is -0.378 e. The zero-order chi connectivity index (χ0) is 25.4. The Morgan fingerprint density at radius 3 is 2.62 bits per heavy atom. The number of thiophene rings is 1. The van der Waals surface area contributed by atoms with E-state index in [9.17, 15) is 8.42 Å². The number of nitrogens with zero attached hydrogens (tertiary/aromatic N) is 5. The van der Waals surface area contributed by atoms with E-state index in [1.807, 2.05) is 12.1 Å². The lowest BCUT2D eigenvalue weighted by Gasteiger charge is -2.28. The molecule has 0 spiro atoms. The predicted molar refractivity (Wildman–Crippen MR) is 141 cm³/mol. The first kappa shape index (κ1) is 24.1. The average Bonchev–Trinajstić information content (AvgIpc) is 3.38. The number of nitrogens with one attached hydrogen (secondary N) is 1. The third-order valence-electron chi connectivity index (χ3n) is 6.28. The normalized spacial score (nSPS) is 18.8. The number of nitrogen functional groups attached to an aromatic ring is 1. The van der Waals surface area contributed by atoms with Gasteiger partial charge in [0.25, 0.3) is 0 Å². The van der Waals surface area contributed by atoms with Crippen molar-refractivity contribution in [2.75, 3.05) is 56.6 Å². The predicted octanol–water partition coefficient (Wildman–Crippen LogP) is 1.95. The summed E-state index contributed by atoms with van der Waals surface area (Å²) in [6, 6.07) is 8.95. The van der Waals surface area contributed by atoms with Crippen molar-refractivity contribution in [2.24, 2.45) is 0 Å². The first-order valence-corrected chi connectivity index (χ1v) is 14.2. The number of morpholine rings is 2. The summed E-state index contributed by atoms with van der Waals surface area (Å²) in [7, 11) is -3.65. The van der Waals surface area contributed by atoms with Gasteiger partial charge >= 0.3 is 0 Å². The number of ether oxygens (including phenoxy) is 2. The van der Waals surface area contributed by atoms with E-state index in [0.29, 0.717) is 50.8 Å². The third kappa shape index (κ3) is 4.76. The zero-order valence-corrected chi connectivity index (χ0v) is 21.5. The van der Waals surface area contributed by atoms with Gasteiger partial charge in [0.15, 0.2) is 17.1 Å². The van der Waals surface area contributed by atoms with Crippen LogP contribution in [-0.4, -0.2) is 79.8 Å². The van der Waals surface area contributed by atoms with Crippen molar-refractivity contribution in [3.05, 3.63) is 42.7 Å². The van der Waals surface area contributed by atoms with Gasteiger partial charge < -0.3 is 25.4 Å². The highest BCUT2D eigenvalue weighted by Crippen LogP contribution is 2.39. The number of benzene rings is 1. The second kappa shape index (κ2) is 9.91. The first-order valence-electron chi connectivity index (χ1n) is 11.9. The molecule has 5 heterocycles. The zero-order valence-electron chi connectivity index (χ0n) is 19.8. The molecule has 1 atom stereocenters. The number of sulfone groups is 1. The molecule has 0 radical (unpaired) electrons. The number of hydrogen-bond donors (Lipinski definition) is 2. The molecule has 0 aliphatic carbocycles. The van der Waals surface area contributed by atoms with Crippen LogP contribution in [0.15, 0.2) is 47.6 Å². The molecule has 2 saturated heterocycles. The second-order valence-electron chi connectivity index (χ2n) is 8.70. The molecule has 13 heteroatoms. The van der Waals surface area contributed by atoms with Crippen LogP contribution in [0, 0.1) is 0 Å². The number of fused-ring (bicyclic) bond motifs is 1. The van der Waals surface area contributed by atoms with Crippen LogP contribution in [-0.2, 0) is 19.3 Å². The van der Waals surface area contributed by atoms with E-state index in [-0.39, 0.29) is 17.4 Å². The van der Waals surface area contributed by atoms with Crippen molar-refractivity contribution in [1.29, 1.82) is 0 Å². The fourth-order valence-electron chi connectivity index (χ4n) is 4.35. The van der Waals surface area contributed by atoms with Gasteiger partial charge in [0.1, 0.15) is 0 Å². The van der Waals surface area contributed by atoms with Crippen molar-refractivity contribution < 1.29 is 17.9 Å². The fourth-order valence-corrected chi connectivity index (χ4v) is 6.93. The van der Waals surface area contributed by atoms with E-state index in [1.54, 1.807) is 30.6 Å². The maximum atomic E-state index is 13.2. The Bertz CT molecular complexity index is 1530. The van der Waals surface area contributed by atoms with Crippen molar-refractivity contribution in [3.63, 3.8) is 0 Å². The molecule has 11 nitrogen and oxygen atoms in total. The lowest BCUT2D eigenvalue weighted by Crippen LogP contribution is -2.43. The first-order chi connectivity index (χ1) is 18.0. The molecule has 3 aromatic heterocycles. The van der Waals surface area contributed by atoms with E-state index in [1.165, 1.54) is 11.3 Å². The molecule has 37 heavy (non-hydrogen) atoms. The van der Waals surface area contributed by atoms with Gasteiger partial charge in [0.2, 0.25) is 15.8 Å². The number of rotatable bonds is 5. The lowest BCUT2D eigenvalue weighted by molar-refractivity contribution is 0.0785. The maximum Gasteiger partial charge on any atom is 0.219 e. The molecule has 6 rings (SSSR count). The molecular formula is C24H25N7O4S2. The third-order valence-corrected chi connectivity index (χ3v) is 9.36. The molecule has 0 bridgehead atoms. The number of anilines is 2. The fraction of sp³-hybridized carbons (Fsp3) is 0.333. The molecule has 0 amide bonds. The van der Waals surface area contributed by atoms with Crippen molar-refractivity contribution in [2.45, 2.75) is 10.3 Å².